The summed E-state index contributed by atoms with van der Waals surface area (Å²) in [6.45, 7) is 13.2. The molecule has 0 spiro atoms. The maximum absolute atomic E-state index is 5.51. The van der Waals surface area contributed by atoms with Crippen LogP contribution in [0.2, 0.25) is 0 Å². The van der Waals surface area contributed by atoms with Gasteiger partial charge >= 0.3 is 0 Å². The van der Waals surface area contributed by atoms with Gasteiger partial charge in [0.25, 0.3) is 0 Å². The van der Waals surface area contributed by atoms with Gasteiger partial charge in [0.15, 0.2) is 3.95 Å². The van der Waals surface area contributed by atoms with E-state index in [1.54, 1.807) is 11.3 Å². The second-order valence-electron chi connectivity index (χ2n) is 5.48. The van der Waals surface area contributed by atoms with Crippen LogP contribution in [0.1, 0.15) is 47.0 Å². The molecule has 0 N–H and O–H groups in total. The predicted octanol–water partition coefficient (Wildman–Crippen LogP) is 5.63. The smallest absolute Gasteiger partial charge is 0.166 e. The Bertz CT molecular complexity index is 675. The zero-order valence-electron chi connectivity index (χ0n) is 12.5. The fourth-order valence-corrected chi connectivity index (χ4v) is 3.89. The molecule has 0 aliphatic heterocycles. The Morgan fingerprint density at radius 1 is 1.11 bits per heavy atom. The molecule has 0 unspecified atom stereocenters. The lowest BCUT2D eigenvalue weighted by Crippen LogP contribution is -2.02. The summed E-state index contributed by atoms with van der Waals surface area (Å²) in [5.74, 6) is 0.535. The SMILES string of the molecule is Cc1cc(-n2c(C)c(C)sc2=S)cc(C(C)C)c1C. The van der Waals surface area contributed by atoms with Gasteiger partial charge < -0.3 is 0 Å². The van der Waals surface area contributed by atoms with Gasteiger partial charge in [0.1, 0.15) is 0 Å². The van der Waals surface area contributed by atoms with E-state index in [2.05, 4.69) is 58.2 Å². The molecule has 0 amide bonds. The van der Waals surface area contributed by atoms with Crippen molar-refractivity contribution in [2.24, 2.45) is 0 Å². The maximum Gasteiger partial charge on any atom is 0.166 e. The minimum atomic E-state index is 0.535. The summed E-state index contributed by atoms with van der Waals surface area (Å²) in [6, 6.07) is 4.54. The van der Waals surface area contributed by atoms with Crippen LogP contribution in [-0.2, 0) is 0 Å². The molecule has 1 aromatic carbocycles. The van der Waals surface area contributed by atoms with Crippen LogP contribution in [0.5, 0.6) is 0 Å². The van der Waals surface area contributed by atoms with E-state index in [-0.39, 0.29) is 0 Å². The number of benzene rings is 1. The van der Waals surface area contributed by atoms with E-state index in [9.17, 15) is 0 Å². The molecule has 2 rings (SSSR count). The molecule has 2 aromatic rings. The van der Waals surface area contributed by atoms with Gasteiger partial charge in [-0.25, -0.2) is 0 Å². The van der Waals surface area contributed by atoms with Crippen LogP contribution in [0, 0.1) is 31.6 Å². The lowest BCUT2D eigenvalue weighted by molar-refractivity contribution is 0.847. The minimum absolute atomic E-state index is 0.535. The molecule has 0 fully saturated rings. The highest BCUT2D eigenvalue weighted by Gasteiger charge is 2.12. The van der Waals surface area contributed by atoms with Gasteiger partial charge in [-0.3, -0.25) is 4.57 Å². The number of aromatic nitrogens is 1. The van der Waals surface area contributed by atoms with Crippen molar-refractivity contribution in [2.45, 2.75) is 47.5 Å². The average Bonchev–Trinajstić information content (AvgIpc) is 2.56. The van der Waals surface area contributed by atoms with Crippen LogP contribution in [0.15, 0.2) is 12.1 Å². The average molecular weight is 291 g/mol. The predicted molar refractivity (Wildman–Crippen MR) is 87.5 cm³/mol. The third kappa shape index (κ3) is 2.54. The summed E-state index contributed by atoms with van der Waals surface area (Å²) in [5.41, 5.74) is 6.62. The Labute approximate surface area is 124 Å². The quantitative estimate of drug-likeness (QED) is 0.650. The van der Waals surface area contributed by atoms with Crippen molar-refractivity contribution >= 4 is 23.6 Å². The van der Waals surface area contributed by atoms with Gasteiger partial charge in [-0.2, -0.15) is 0 Å². The zero-order valence-corrected chi connectivity index (χ0v) is 14.1. The van der Waals surface area contributed by atoms with Gasteiger partial charge in [-0.05, 0) is 74.7 Å². The molecule has 102 valence electrons. The maximum atomic E-state index is 5.51. The fraction of sp³-hybridized carbons (Fsp3) is 0.438. The van der Waals surface area contributed by atoms with Crippen molar-refractivity contribution in [1.29, 1.82) is 0 Å². The molecule has 1 nitrogen and oxygen atoms in total. The van der Waals surface area contributed by atoms with Crippen LogP contribution in [0.25, 0.3) is 5.69 Å². The van der Waals surface area contributed by atoms with Crippen LogP contribution >= 0.6 is 23.6 Å². The molecule has 3 heteroatoms. The molecule has 0 saturated carbocycles. The number of hydrogen-bond donors (Lipinski definition) is 0. The monoisotopic (exact) mass is 291 g/mol. The van der Waals surface area contributed by atoms with E-state index in [1.165, 1.54) is 32.9 Å². The lowest BCUT2D eigenvalue weighted by atomic mass is 9.94. The van der Waals surface area contributed by atoms with E-state index in [0.717, 1.165) is 3.95 Å². The Balaban J connectivity index is 2.73. The highest BCUT2D eigenvalue weighted by atomic mass is 32.1. The highest BCUT2D eigenvalue weighted by molar-refractivity contribution is 7.73. The Morgan fingerprint density at radius 2 is 1.74 bits per heavy atom. The van der Waals surface area contributed by atoms with Crippen LogP contribution in [-0.4, -0.2) is 4.57 Å². The van der Waals surface area contributed by atoms with E-state index >= 15 is 0 Å². The summed E-state index contributed by atoms with van der Waals surface area (Å²) in [5, 5.41) is 0. The first-order chi connectivity index (χ1) is 8.82. The Morgan fingerprint density at radius 3 is 2.21 bits per heavy atom. The molecule has 0 radical (unpaired) electrons. The molecule has 0 saturated heterocycles. The van der Waals surface area contributed by atoms with E-state index < -0.39 is 0 Å². The van der Waals surface area contributed by atoms with Gasteiger partial charge in [0.05, 0.1) is 0 Å². The van der Waals surface area contributed by atoms with Crippen molar-refractivity contribution in [3.63, 3.8) is 0 Å². The van der Waals surface area contributed by atoms with Crippen molar-refractivity contribution in [2.75, 3.05) is 0 Å². The lowest BCUT2D eigenvalue weighted by Gasteiger charge is -2.16. The molecule has 0 aliphatic carbocycles. The van der Waals surface area contributed by atoms with E-state index in [0.29, 0.717) is 5.92 Å². The summed E-state index contributed by atoms with van der Waals surface area (Å²) in [7, 11) is 0. The fourth-order valence-electron chi connectivity index (χ4n) is 2.44. The second-order valence-corrected chi connectivity index (χ2v) is 7.32. The van der Waals surface area contributed by atoms with Crippen molar-refractivity contribution in [1.82, 2.24) is 4.57 Å². The Kier molecular flexibility index (Phi) is 3.98. The first-order valence-corrected chi connectivity index (χ1v) is 7.86. The van der Waals surface area contributed by atoms with Crippen LogP contribution in [0.3, 0.4) is 0 Å². The molecule has 1 heterocycles. The van der Waals surface area contributed by atoms with Gasteiger partial charge in [-0.1, -0.05) is 13.8 Å². The number of hydrogen-bond acceptors (Lipinski definition) is 2. The van der Waals surface area contributed by atoms with Crippen molar-refractivity contribution in [3.8, 4) is 5.69 Å². The summed E-state index contributed by atoms with van der Waals surface area (Å²) in [6.07, 6.45) is 0. The number of thiazole rings is 1. The molecule has 0 atom stereocenters. The highest BCUT2D eigenvalue weighted by Crippen LogP contribution is 2.28. The number of rotatable bonds is 2. The van der Waals surface area contributed by atoms with Crippen molar-refractivity contribution in [3.05, 3.63) is 43.3 Å². The molecule has 1 aromatic heterocycles. The molecular formula is C16H21NS2. The van der Waals surface area contributed by atoms with Crippen LogP contribution in [0.4, 0.5) is 0 Å². The van der Waals surface area contributed by atoms with E-state index in [4.69, 9.17) is 12.2 Å². The zero-order chi connectivity index (χ0) is 14.3. The first kappa shape index (κ1) is 14.5. The second kappa shape index (κ2) is 5.22. The standard InChI is InChI=1S/C16H21NS2/c1-9(2)15-8-14(7-10(3)11(15)4)17-12(5)13(6)19-16(17)18/h7-9H,1-6H3. The summed E-state index contributed by atoms with van der Waals surface area (Å²) >= 11 is 7.20. The summed E-state index contributed by atoms with van der Waals surface area (Å²) < 4.78 is 3.14. The van der Waals surface area contributed by atoms with Gasteiger partial charge in [0, 0.05) is 16.3 Å². The number of nitrogens with zero attached hydrogens (tertiary/aromatic N) is 1. The normalized spacial score (nSPS) is 11.3. The van der Waals surface area contributed by atoms with E-state index in [1.807, 2.05) is 0 Å². The number of aryl methyl sites for hydroxylation is 2. The third-order valence-electron chi connectivity index (χ3n) is 3.84. The Hall–Kier alpha value is -0.930. The van der Waals surface area contributed by atoms with Crippen molar-refractivity contribution < 1.29 is 0 Å². The third-order valence-corrected chi connectivity index (χ3v) is 5.23. The van der Waals surface area contributed by atoms with Gasteiger partial charge in [-0.15, -0.1) is 11.3 Å². The van der Waals surface area contributed by atoms with Crippen LogP contribution < -0.4 is 0 Å². The molecule has 19 heavy (non-hydrogen) atoms. The summed E-state index contributed by atoms with van der Waals surface area (Å²) in [4.78, 5) is 1.30. The minimum Gasteiger partial charge on any atom is -0.296 e. The molecule has 0 aliphatic rings. The van der Waals surface area contributed by atoms with Gasteiger partial charge in [0.2, 0.25) is 0 Å². The topological polar surface area (TPSA) is 4.93 Å². The molecule has 0 bridgehead atoms. The largest absolute Gasteiger partial charge is 0.296 e. The molecular weight excluding hydrogens is 270 g/mol. The first-order valence-electron chi connectivity index (χ1n) is 6.63.